The highest BCUT2D eigenvalue weighted by Gasteiger charge is 2.52. The first kappa shape index (κ1) is 20.0. The second-order valence-electron chi connectivity index (χ2n) is 8.96. The number of carbonyl (C=O) groups excluding carboxylic acids is 3. The number of fused-ring (bicyclic) bond motifs is 2. The summed E-state index contributed by atoms with van der Waals surface area (Å²) in [6, 6.07) is 3.99. The standard InChI is InChI=1S/C21H25N3O4S/c1-11-8-24(16-14(25)9-28-17(11)16)20(27)18(21(2,3)4)23-19(26)12-5-6-13-15(7-12)29-10-22-13/h5-7,10-11,16-18H,8-9H2,1-4H3,(H,23,26)/t11-,16+,17+,18+/m0/s1. The SMILES string of the molecule is C[C@H]1CN(C(=O)[C@@H](NC(=O)c2ccc3ncsc3c2)C(C)(C)C)[C@@H]2C(=O)CO[C@@H]21. The summed E-state index contributed by atoms with van der Waals surface area (Å²) in [5.41, 5.74) is 2.54. The number of ketones is 1. The topological polar surface area (TPSA) is 88.6 Å². The fraction of sp³-hybridized carbons (Fsp3) is 0.524. The second kappa shape index (κ2) is 7.18. The molecule has 8 heteroatoms. The number of nitrogens with one attached hydrogen (secondary N) is 1. The maximum atomic E-state index is 13.5. The van der Waals surface area contributed by atoms with Crippen molar-refractivity contribution in [3.63, 3.8) is 0 Å². The number of hydrogen-bond donors (Lipinski definition) is 1. The third kappa shape index (κ3) is 3.55. The molecule has 1 aromatic carbocycles. The van der Waals surface area contributed by atoms with E-state index in [9.17, 15) is 14.4 Å². The molecule has 0 saturated carbocycles. The lowest BCUT2D eigenvalue weighted by Gasteiger charge is -2.35. The van der Waals surface area contributed by atoms with Crippen LogP contribution in [0.4, 0.5) is 0 Å². The zero-order chi connectivity index (χ0) is 20.9. The van der Waals surface area contributed by atoms with Gasteiger partial charge in [0.25, 0.3) is 5.91 Å². The molecule has 0 aliphatic carbocycles. The number of benzene rings is 1. The number of rotatable bonds is 3. The fourth-order valence-electron chi connectivity index (χ4n) is 4.14. The summed E-state index contributed by atoms with van der Waals surface area (Å²) in [6.07, 6.45) is -0.253. The van der Waals surface area contributed by atoms with Gasteiger partial charge < -0.3 is 15.0 Å². The van der Waals surface area contributed by atoms with E-state index in [1.807, 2.05) is 27.7 Å². The van der Waals surface area contributed by atoms with Crippen molar-refractivity contribution in [2.75, 3.05) is 13.2 Å². The molecule has 4 rings (SSSR count). The molecule has 7 nitrogen and oxygen atoms in total. The predicted octanol–water partition coefficient (Wildman–Crippen LogP) is 2.26. The Bertz CT molecular complexity index is 980. The molecule has 1 aromatic heterocycles. The molecule has 2 aromatic rings. The molecule has 3 heterocycles. The molecule has 0 spiro atoms. The van der Waals surface area contributed by atoms with Gasteiger partial charge in [-0.05, 0) is 23.6 Å². The average Bonchev–Trinajstić information content (AvgIpc) is 3.35. The van der Waals surface area contributed by atoms with Gasteiger partial charge in [0.15, 0.2) is 5.78 Å². The highest BCUT2D eigenvalue weighted by molar-refractivity contribution is 7.16. The first-order valence-corrected chi connectivity index (χ1v) is 10.6. The van der Waals surface area contributed by atoms with Gasteiger partial charge in [-0.15, -0.1) is 11.3 Å². The van der Waals surface area contributed by atoms with E-state index in [2.05, 4.69) is 10.3 Å². The van der Waals surface area contributed by atoms with Gasteiger partial charge in [0.05, 0.1) is 21.8 Å². The van der Waals surface area contributed by atoms with Crippen molar-refractivity contribution in [1.29, 1.82) is 0 Å². The van der Waals surface area contributed by atoms with Gasteiger partial charge in [-0.1, -0.05) is 27.7 Å². The van der Waals surface area contributed by atoms with E-state index in [0.717, 1.165) is 10.2 Å². The highest BCUT2D eigenvalue weighted by atomic mass is 32.1. The smallest absolute Gasteiger partial charge is 0.251 e. The van der Waals surface area contributed by atoms with Crippen LogP contribution in [0.15, 0.2) is 23.7 Å². The number of likely N-dealkylation sites (tertiary alicyclic amines) is 1. The lowest BCUT2D eigenvalue weighted by molar-refractivity contribution is -0.140. The van der Waals surface area contributed by atoms with Gasteiger partial charge in [-0.3, -0.25) is 14.4 Å². The summed E-state index contributed by atoms with van der Waals surface area (Å²) in [5, 5.41) is 2.92. The van der Waals surface area contributed by atoms with Crippen molar-refractivity contribution in [3.8, 4) is 0 Å². The molecule has 0 unspecified atom stereocenters. The number of Topliss-reactive ketones (excluding diaryl/α,β-unsaturated/α-hetero) is 1. The molecular weight excluding hydrogens is 390 g/mol. The molecule has 1 N–H and O–H groups in total. The zero-order valence-corrected chi connectivity index (χ0v) is 17.8. The summed E-state index contributed by atoms with van der Waals surface area (Å²) >= 11 is 1.46. The minimum atomic E-state index is -0.758. The molecule has 0 radical (unpaired) electrons. The maximum Gasteiger partial charge on any atom is 0.251 e. The number of amides is 2. The molecule has 2 saturated heterocycles. The Morgan fingerprint density at radius 1 is 1.34 bits per heavy atom. The Morgan fingerprint density at radius 3 is 2.83 bits per heavy atom. The third-order valence-corrected chi connectivity index (χ3v) is 6.50. The van der Waals surface area contributed by atoms with E-state index >= 15 is 0 Å². The molecule has 2 fully saturated rings. The number of aromatic nitrogens is 1. The summed E-state index contributed by atoms with van der Waals surface area (Å²) < 4.78 is 6.51. The number of hydrogen-bond acceptors (Lipinski definition) is 6. The number of thiazole rings is 1. The quantitative estimate of drug-likeness (QED) is 0.831. The van der Waals surface area contributed by atoms with Crippen LogP contribution in [0.25, 0.3) is 10.2 Å². The van der Waals surface area contributed by atoms with E-state index in [1.165, 1.54) is 11.3 Å². The molecule has 4 atom stereocenters. The van der Waals surface area contributed by atoms with Gasteiger partial charge in [0.2, 0.25) is 5.91 Å². The van der Waals surface area contributed by atoms with Gasteiger partial charge in [0.1, 0.15) is 18.7 Å². The minimum Gasteiger partial charge on any atom is -0.367 e. The average molecular weight is 416 g/mol. The van der Waals surface area contributed by atoms with Crippen molar-refractivity contribution in [1.82, 2.24) is 15.2 Å². The van der Waals surface area contributed by atoms with E-state index in [1.54, 1.807) is 28.6 Å². The van der Waals surface area contributed by atoms with Crippen LogP contribution in [-0.2, 0) is 14.3 Å². The first-order valence-electron chi connectivity index (χ1n) is 9.75. The molecular formula is C21H25N3O4S. The predicted molar refractivity (Wildman–Crippen MR) is 110 cm³/mol. The lowest BCUT2D eigenvalue weighted by atomic mass is 9.85. The summed E-state index contributed by atoms with van der Waals surface area (Å²) in [7, 11) is 0. The zero-order valence-electron chi connectivity index (χ0n) is 17.0. The Hall–Kier alpha value is -2.32. The number of carbonyl (C=O) groups is 3. The Balaban J connectivity index is 1.58. The van der Waals surface area contributed by atoms with Crippen LogP contribution < -0.4 is 5.32 Å². The Kier molecular flexibility index (Phi) is 4.94. The van der Waals surface area contributed by atoms with Crippen molar-refractivity contribution >= 4 is 39.2 Å². The van der Waals surface area contributed by atoms with E-state index in [-0.39, 0.29) is 36.2 Å². The van der Waals surface area contributed by atoms with Crippen LogP contribution in [0.5, 0.6) is 0 Å². The monoisotopic (exact) mass is 415 g/mol. The summed E-state index contributed by atoms with van der Waals surface area (Å²) in [6.45, 7) is 8.21. The van der Waals surface area contributed by atoms with Crippen LogP contribution in [0.3, 0.4) is 0 Å². The van der Waals surface area contributed by atoms with Crippen molar-refractivity contribution in [2.24, 2.45) is 11.3 Å². The van der Waals surface area contributed by atoms with Gasteiger partial charge in [-0.2, -0.15) is 0 Å². The summed E-state index contributed by atoms with van der Waals surface area (Å²) in [5.74, 6) is -0.530. The Morgan fingerprint density at radius 2 is 2.10 bits per heavy atom. The third-order valence-electron chi connectivity index (χ3n) is 5.71. The Labute approximate surface area is 173 Å². The molecule has 2 aliphatic heterocycles. The van der Waals surface area contributed by atoms with Crippen LogP contribution in [0, 0.1) is 11.3 Å². The molecule has 2 amide bonds. The van der Waals surface area contributed by atoms with Crippen LogP contribution >= 0.6 is 11.3 Å². The van der Waals surface area contributed by atoms with Crippen LogP contribution in [0.2, 0.25) is 0 Å². The number of nitrogens with zero attached hydrogens (tertiary/aromatic N) is 2. The largest absolute Gasteiger partial charge is 0.367 e. The van der Waals surface area contributed by atoms with Crippen LogP contribution in [0.1, 0.15) is 38.1 Å². The van der Waals surface area contributed by atoms with Crippen molar-refractivity contribution in [2.45, 2.75) is 45.9 Å². The maximum absolute atomic E-state index is 13.5. The van der Waals surface area contributed by atoms with E-state index < -0.39 is 17.5 Å². The van der Waals surface area contributed by atoms with Crippen molar-refractivity contribution < 1.29 is 19.1 Å². The molecule has 154 valence electrons. The van der Waals surface area contributed by atoms with E-state index in [4.69, 9.17) is 4.74 Å². The number of ether oxygens (including phenoxy) is 1. The molecule has 0 bridgehead atoms. The van der Waals surface area contributed by atoms with Gasteiger partial charge in [0, 0.05) is 18.0 Å². The second-order valence-corrected chi connectivity index (χ2v) is 9.85. The normalized spacial score (nSPS) is 25.3. The fourth-order valence-corrected chi connectivity index (χ4v) is 4.86. The first-order chi connectivity index (χ1) is 13.7. The van der Waals surface area contributed by atoms with Gasteiger partial charge >= 0.3 is 0 Å². The van der Waals surface area contributed by atoms with Crippen molar-refractivity contribution in [3.05, 3.63) is 29.3 Å². The minimum absolute atomic E-state index is 0.0465. The van der Waals surface area contributed by atoms with Crippen LogP contribution in [-0.4, -0.2) is 58.8 Å². The van der Waals surface area contributed by atoms with Gasteiger partial charge in [-0.25, -0.2) is 4.98 Å². The highest BCUT2D eigenvalue weighted by Crippen LogP contribution is 2.33. The lowest BCUT2D eigenvalue weighted by Crippen LogP contribution is -2.57. The van der Waals surface area contributed by atoms with E-state index in [0.29, 0.717) is 12.1 Å². The summed E-state index contributed by atoms with van der Waals surface area (Å²) in [4.78, 5) is 44.6. The molecule has 2 aliphatic rings. The molecule has 29 heavy (non-hydrogen) atoms.